The lowest BCUT2D eigenvalue weighted by molar-refractivity contribution is 0.0560. The highest BCUT2D eigenvalue weighted by Crippen LogP contribution is 2.26. The molecule has 1 fully saturated rings. The lowest BCUT2D eigenvalue weighted by atomic mass is 10.2. The molecule has 1 aromatic carbocycles. The highest BCUT2D eigenvalue weighted by atomic mass is 16.5. The van der Waals surface area contributed by atoms with E-state index in [0.717, 1.165) is 19.3 Å². The van der Waals surface area contributed by atoms with Crippen molar-refractivity contribution in [3.05, 3.63) is 29.8 Å². The van der Waals surface area contributed by atoms with Gasteiger partial charge in [-0.15, -0.1) is 0 Å². The van der Waals surface area contributed by atoms with Crippen LogP contribution in [0.25, 0.3) is 0 Å². The smallest absolute Gasteiger partial charge is 0.339 e. The monoisotopic (exact) mass is 222 g/mol. The van der Waals surface area contributed by atoms with Crippen molar-refractivity contribution in [1.82, 2.24) is 0 Å². The SMILES string of the molecule is O=C(O)c1ccccc1OC1CCCC1O. The van der Waals surface area contributed by atoms with Crippen molar-refractivity contribution in [1.29, 1.82) is 0 Å². The van der Waals surface area contributed by atoms with Gasteiger partial charge in [-0.3, -0.25) is 0 Å². The number of rotatable bonds is 3. The molecule has 2 N–H and O–H groups in total. The van der Waals surface area contributed by atoms with Crippen molar-refractivity contribution in [2.24, 2.45) is 0 Å². The molecule has 0 spiro atoms. The van der Waals surface area contributed by atoms with Gasteiger partial charge in [0.05, 0.1) is 6.10 Å². The highest BCUT2D eigenvalue weighted by molar-refractivity contribution is 5.90. The number of carbonyl (C=O) groups is 1. The molecule has 86 valence electrons. The first-order chi connectivity index (χ1) is 7.68. The molecule has 4 nitrogen and oxygen atoms in total. The van der Waals surface area contributed by atoms with Crippen LogP contribution in [0.5, 0.6) is 5.75 Å². The van der Waals surface area contributed by atoms with E-state index in [4.69, 9.17) is 9.84 Å². The molecule has 0 saturated heterocycles. The van der Waals surface area contributed by atoms with Crippen LogP contribution in [-0.4, -0.2) is 28.4 Å². The Kier molecular flexibility index (Phi) is 3.10. The summed E-state index contributed by atoms with van der Waals surface area (Å²) in [6.07, 6.45) is 1.65. The molecule has 0 bridgehead atoms. The third-order valence-electron chi connectivity index (χ3n) is 2.81. The number of carboxylic acid groups (broad SMARTS) is 1. The number of benzene rings is 1. The molecule has 0 aliphatic heterocycles. The Morgan fingerprint density at radius 1 is 1.31 bits per heavy atom. The number of ether oxygens (including phenoxy) is 1. The Morgan fingerprint density at radius 3 is 2.69 bits per heavy atom. The first kappa shape index (κ1) is 11.0. The first-order valence-electron chi connectivity index (χ1n) is 5.35. The number of hydrogen-bond acceptors (Lipinski definition) is 3. The fraction of sp³-hybridized carbons (Fsp3) is 0.417. The summed E-state index contributed by atoms with van der Waals surface area (Å²) in [5.74, 6) is -0.677. The van der Waals surface area contributed by atoms with Gasteiger partial charge in [0.15, 0.2) is 0 Å². The van der Waals surface area contributed by atoms with E-state index in [1.54, 1.807) is 18.2 Å². The van der Waals surface area contributed by atoms with Crippen molar-refractivity contribution in [3.8, 4) is 5.75 Å². The zero-order valence-corrected chi connectivity index (χ0v) is 8.80. The van der Waals surface area contributed by atoms with Crippen molar-refractivity contribution in [2.45, 2.75) is 31.5 Å². The summed E-state index contributed by atoms with van der Waals surface area (Å²) >= 11 is 0. The van der Waals surface area contributed by atoms with Crippen LogP contribution in [0, 0.1) is 0 Å². The average Bonchev–Trinajstić information content (AvgIpc) is 2.65. The number of para-hydroxylation sites is 1. The van der Waals surface area contributed by atoms with Crippen molar-refractivity contribution in [3.63, 3.8) is 0 Å². The minimum atomic E-state index is -1.01. The van der Waals surface area contributed by atoms with E-state index >= 15 is 0 Å². The van der Waals surface area contributed by atoms with Gasteiger partial charge in [0.2, 0.25) is 0 Å². The number of aliphatic hydroxyl groups excluding tert-OH is 1. The van der Waals surface area contributed by atoms with E-state index in [9.17, 15) is 9.90 Å². The second kappa shape index (κ2) is 4.53. The largest absolute Gasteiger partial charge is 0.487 e. The van der Waals surface area contributed by atoms with Gasteiger partial charge in [-0.25, -0.2) is 4.79 Å². The summed E-state index contributed by atoms with van der Waals surface area (Å²) in [6.45, 7) is 0. The summed E-state index contributed by atoms with van der Waals surface area (Å²) in [5.41, 5.74) is 0.140. The van der Waals surface area contributed by atoms with Gasteiger partial charge in [-0.1, -0.05) is 12.1 Å². The molecule has 0 radical (unpaired) electrons. The molecule has 1 saturated carbocycles. The van der Waals surface area contributed by atoms with Crippen LogP contribution in [0.2, 0.25) is 0 Å². The summed E-state index contributed by atoms with van der Waals surface area (Å²) < 4.78 is 5.55. The van der Waals surface area contributed by atoms with E-state index in [1.165, 1.54) is 6.07 Å². The van der Waals surface area contributed by atoms with E-state index in [1.807, 2.05) is 0 Å². The van der Waals surface area contributed by atoms with Crippen molar-refractivity contribution >= 4 is 5.97 Å². The van der Waals surface area contributed by atoms with Gasteiger partial charge in [0.25, 0.3) is 0 Å². The van der Waals surface area contributed by atoms with Gasteiger partial charge in [-0.05, 0) is 31.4 Å². The lowest BCUT2D eigenvalue weighted by Crippen LogP contribution is -2.26. The molecule has 2 unspecified atom stereocenters. The summed E-state index contributed by atoms with van der Waals surface area (Å²) in [5, 5.41) is 18.6. The zero-order valence-electron chi connectivity index (χ0n) is 8.80. The number of aliphatic hydroxyl groups is 1. The minimum Gasteiger partial charge on any atom is -0.487 e. The topological polar surface area (TPSA) is 66.8 Å². The van der Waals surface area contributed by atoms with Crippen LogP contribution >= 0.6 is 0 Å². The Labute approximate surface area is 93.5 Å². The normalized spacial score (nSPS) is 24.3. The summed E-state index contributed by atoms with van der Waals surface area (Å²) in [6, 6.07) is 6.50. The molecular weight excluding hydrogens is 208 g/mol. The molecule has 0 heterocycles. The van der Waals surface area contributed by atoms with Crippen LogP contribution in [-0.2, 0) is 0 Å². The number of hydrogen-bond donors (Lipinski definition) is 2. The maximum absolute atomic E-state index is 10.9. The van der Waals surface area contributed by atoms with Crippen molar-refractivity contribution < 1.29 is 19.7 Å². The molecular formula is C12H14O4. The second-order valence-corrected chi connectivity index (χ2v) is 3.96. The molecule has 4 heteroatoms. The fourth-order valence-electron chi connectivity index (χ4n) is 1.95. The molecule has 1 aliphatic carbocycles. The van der Waals surface area contributed by atoms with Gasteiger partial charge in [0, 0.05) is 0 Å². The summed E-state index contributed by atoms with van der Waals surface area (Å²) in [4.78, 5) is 10.9. The van der Waals surface area contributed by atoms with Crippen LogP contribution in [0.15, 0.2) is 24.3 Å². The molecule has 1 aliphatic rings. The minimum absolute atomic E-state index is 0.140. The second-order valence-electron chi connectivity index (χ2n) is 3.96. The van der Waals surface area contributed by atoms with Crippen molar-refractivity contribution in [2.75, 3.05) is 0 Å². The molecule has 2 rings (SSSR count). The van der Waals surface area contributed by atoms with Gasteiger partial charge < -0.3 is 14.9 Å². The Balaban J connectivity index is 2.17. The zero-order chi connectivity index (χ0) is 11.5. The maximum atomic E-state index is 10.9. The van der Waals surface area contributed by atoms with Gasteiger partial charge >= 0.3 is 5.97 Å². The van der Waals surface area contributed by atoms with Gasteiger partial charge in [0.1, 0.15) is 17.4 Å². The fourth-order valence-corrected chi connectivity index (χ4v) is 1.95. The third-order valence-corrected chi connectivity index (χ3v) is 2.81. The molecule has 16 heavy (non-hydrogen) atoms. The third kappa shape index (κ3) is 2.17. The van der Waals surface area contributed by atoms with Crippen LogP contribution in [0.1, 0.15) is 29.6 Å². The molecule has 0 amide bonds. The van der Waals surface area contributed by atoms with E-state index in [-0.39, 0.29) is 11.7 Å². The Hall–Kier alpha value is -1.55. The Bertz CT molecular complexity index is 388. The van der Waals surface area contributed by atoms with Crippen LogP contribution in [0.3, 0.4) is 0 Å². The molecule has 1 aromatic rings. The highest BCUT2D eigenvalue weighted by Gasteiger charge is 2.28. The summed E-state index contributed by atoms with van der Waals surface area (Å²) in [7, 11) is 0. The lowest BCUT2D eigenvalue weighted by Gasteiger charge is -2.18. The standard InChI is InChI=1S/C12H14O4/c13-9-5-3-7-11(9)16-10-6-2-1-4-8(10)12(14)15/h1-2,4,6,9,11,13H,3,5,7H2,(H,14,15). The predicted octanol–water partition coefficient (Wildman–Crippen LogP) is 1.68. The van der Waals surface area contributed by atoms with Crippen LogP contribution < -0.4 is 4.74 Å². The number of aromatic carboxylic acids is 1. The van der Waals surface area contributed by atoms with E-state index in [2.05, 4.69) is 0 Å². The average molecular weight is 222 g/mol. The predicted molar refractivity (Wildman–Crippen MR) is 57.7 cm³/mol. The van der Waals surface area contributed by atoms with Crippen LogP contribution in [0.4, 0.5) is 0 Å². The maximum Gasteiger partial charge on any atom is 0.339 e. The first-order valence-corrected chi connectivity index (χ1v) is 5.35. The van der Waals surface area contributed by atoms with E-state index < -0.39 is 12.1 Å². The Morgan fingerprint density at radius 2 is 2.06 bits per heavy atom. The van der Waals surface area contributed by atoms with Gasteiger partial charge in [-0.2, -0.15) is 0 Å². The molecule has 2 atom stereocenters. The quantitative estimate of drug-likeness (QED) is 0.816. The molecule has 0 aromatic heterocycles. The number of carboxylic acids is 1. The van der Waals surface area contributed by atoms with E-state index in [0.29, 0.717) is 5.75 Å².